The Bertz CT molecular complexity index is 644. The van der Waals surface area contributed by atoms with Crippen LogP contribution in [0.5, 0.6) is 0 Å². The topological polar surface area (TPSA) is 38.1 Å². The molecule has 4 heteroatoms. The van der Waals surface area contributed by atoms with Crippen LogP contribution in [0.25, 0.3) is 0 Å². The molecule has 0 aliphatic carbocycles. The molecule has 20 heavy (non-hydrogen) atoms. The maximum atomic E-state index is 10.9. The second kappa shape index (κ2) is 5.34. The van der Waals surface area contributed by atoms with Crippen LogP contribution < -0.4 is 0 Å². The first-order valence-electron chi connectivity index (χ1n) is 6.70. The molecular formula is C16H21BrN2O. The molecule has 0 fully saturated rings. The van der Waals surface area contributed by atoms with E-state index in [2.05, 4.69) is 47.0 Å². The van der Waals surface area contributed by atoms with Gasteiger partial charge in [-0.15, -0.1) is 0 Å². The first-order chi connectivity index (χ1) is 9.22. The molecule has 0 bridgehead atoms. The summed E-state index contributed by atoms with van der Waals surface area (Å²) in [5, 5.41) is 15.2. The minimum atomic E-state index is -0.915. The van der Waals surface area contributed by atoms with E-state index in [0.29, 0.717) is 6.42 Å². The molecular weight excluding hydrogens is 316 g/mol. The lowest BCUT2D eigenvalue weighted by atomic mass is 9.89. The molecule has 0 aliphatic heterocycles. The quantitative estimate of drug-likeness (QED) is 0.930. The number of hydrogen-bond donors (Lipinski definition) is 1. The van der Waals surface area contributed by atoms with Gasteiger partial charge in [-0.25, -0.2) is 0 Å². The normalized spacial score (nSPS) is 14.3. The van der Waals surface area contributed by atoms with Crippen molar-refractivity contribution in [1.82, 2.24) is 9.78 Å². The van der Waals surface area contributed by atoms with Gasteiger partial charge in [0, 0.05) is 13.5 Å². The zero-order valence-corrected chi connectivity index (χ0v) is 14.2. The van der Waals surface area contributed by atoms with E-state index in [9.17, 15) is 5.11 Å². The van der Waals surface area contributed by atoms with Crippen LogP contribution in [-0.4, -0.2) is 14.9 Å². The first-order valence-corrected chi connectivity index (χ1v) is 7.50. The molecule has 0 amide bonds. The Kier molecular flexibility index (Phi) is 4.07. The Morgan fingerprint density at radius 3 is 2.40 bits per heavy atom. The van der Waals surface area contributed by atoms with E-state index in [1.807, 2.05) is 31.6 Å². The molecule has 108 valence electrons. The predicted octanol–water partition coefficient (Wildman–Crippen LogP) is 3.56. The smallest absolute Gasteiger partial charge is 0.0924 e. The van der Waals surface area contributed by atoms with Crippen molar-refractivity contribution in [2.75, 3.05) is 0 Å². The molecule has 1 aromatic heterocycles. The van der Waals surface area contributed by atoms with Gasteiger partial charge >= 0.3 is 0 Å². The van der Waals surface area contributed by atoms with Gasteiger partial charge in [0.1, 0.15) is 0 Å². The summed E-state index contributed by atoms with van der Waals surface area (Å²) in [6, 6.07) is 6.12. The van der Waals surface area contributed by atoms with Gasteiger partial charge in [-0.3, -0.25) is 4.68 Å². The molecule has 1 heterocycles. The number of aryl methyl sites for hydroxylation is 4. The summed E-state index contributed by atoms with van der Waals surface area (Å²) in [5.74, 6) is 0. The molecule has 1 N–H and O–H groups in total. The van der Waals surface area contributed by atoms with Gasteiger partial charge < -0.3 is 5.11 Å². The average molecular weight is 337 g/mol. The standard InChI is InChI=1S/C16H21BrN2O/c1-10-6-7-13(8-11(10)2)16(4,20)9-14-15(17)12(3)18-19(14)5/h6-8,20H,9H2,1-5H3. The Hall–Kier alpha value is -1.13. The molecule has 1 aromatic carbocycles. The van der Waals surface area contributed by atoms with Crippen molar-refractivity contribution in [3.63, 3.8) is 0 Å². The highest BCUT2D eigenvalue weighted by Crippen LogP contribution is 2.30. The van der Waals surface area contributed by atoms with Crippen molar-refractivity contribution in [3.05, 3.63) is 50.8 Å². The largest absolute Gasteiger partial charge is 0.385 e. The van der Waals surface area contributed by atoms with Crippen LogP contribution in [0.2, 0.25) is 0 Å². The molecule has 0 saturated carbocycles. The van der Waals surface area contributed by atoms with Gasteiger partial charge in [-0.05, 0) is 60.3 Å². The highest BCUT2D eigenvalue weighted by atomic mass is 79.9. The molecule has 3 nitrogen and oxygen atoms in total. The molecule has 0 radical (unpaired) electrons. The Morgan fingerprint density at radius 1 is 1.25 bits per heavy atom. The van der Waals surface area contributed by atoms with Crippen LogP contribution in [0.1, 0.15) is 35.0 Å². The lowest BCUT2D eigenvalue weighted by molar-refractivity contribution is 0.0553. The van der Waals surface area contributed by atoms with Gasteiger partial charge in [0.25, 0.3) is 0 Å². The van der Waals surface area contributed by atoms with E-state index in [1.165, 1.54) is 11.1 Å². The summed E-state index contributed by atoms with van der Waals surface area (Å²) in [7, 11) is 1.91. The van der Waals surface area contributed by atoms with Crippen molar-refractivity contribution in [3.8, 4) is 0 Å². The molecule has 1 unspecified atom stereocenters. The number of hydrogen-bond acceptors (Lipinski definition) is 2. The van der Waals surface area contributed by atoms with Gasteiger partial charge in [0.15, 0.2) is 0 Å². The van der Waals surface area contributed by atoms with E-state index in [-0.39, 0.29) is 0 Å². The van der Waals surface area contributed by atoms with Crippen molar-refractivity contribution >= 4 is 15.9 Å². The molecule has 0 spiro atoms. The number of aromatic nitrogens is 2. The summed E-state index contributed by atoms with van der Waals surface area (Å²) in [6.45, 7) is 7.96. The Labute approximate surface area is 128 Å². The third-order valence-electron chi connectivity index (χ3n) is 3.90. The fraction of sp³-hybridized carbons (Fsp3) is 0.438. The number of benzene rings is 1. The van der Waals surface area contributed by atoms with Gasteiger partial charge in [-0.1, -0.05) is 18.2 Å². The van der Waals surface area contributed by atoms with Gasteiger partial charge in [0.2, 0.25) is 0 Å². The molecule has 2 rings (SSSR count). The summed E-state index contributed by atoms with van der Waals surface area (Å²) in [5.41, 5.74) is 4.40. The van der Waals surface area contributed by atoms with Crippen LogP contribution in [0, 0.1) is 20.8 Å². The summed E-state index contributed by atoms with van der Waals surface area (Å²) in [6.07, 6.45) is 0.521. The monoisotopic (exact) mass is 336 g/mol. The lowest BCUT2D eigenvalue weighted by Crippen LogP contribution is -2.26. The predicted molar refractivity (Wildman–Crippen MR) is 84.8 cm³/mol. The fourth-order valence-corrected chi connectivity index (χ4v) is 2.85. The lowest BCUT2D eigenvalue weighted by Gasteiger charge is -2.25. The number of halogens is 1. The summed E-state index contributed by atoms with van der Waals surface area (Å²) < 4.78 is 2.80. The van der Waals surface area contributed by atoms with E-state index in [0.717, 1.165) is 21.4 Å². The van der Waals surface area contributed by atoms with Crippen LogP contribution in [-0.2, 0) is 19.1 Å². The number of nitrogens with zero attached hydrogens (tertiary/aromatic N) is 2. The third kappa shape index (κ3) is 2.81. The van der Waals surface area contributed by atoms with E-state index < -0.39 is 5.60 Å². The van der Waals surface area contributed by atoms with Crippen molar-refractivity contribution in [2.24, 2.45) is 7.05 Å². The maximum absolute atomic E-state index is 10.9. The van der Waals surface area contributed by atoms with E-state index >= 15 is 0 Å². The highest BCUT2D eigenvalue weighted by Gasteiger charge is 2.27. The SMILES string of the molecule is Cc1ccc(C(C)(O)Cc2c(Br)c(C)nn2C)cc1C. The van der Waals surface area contributed by atoms with Crippen molar-refractivity contribution < 1.29 is 5.11 Å². The number of rotatable bonds is 3. The Morgan fingerprint density at radius 2 is 1.90 bits per heavy atom. The van der Waals surface area contributed by atoms with Gasteiger partial charge in [-0.2, -0.15) is 5.10 Å². The molecule has 0 aliphatic rings. The average Bonchev–Trinajstić information content (AvgIpc) is 2.59. The zero-order chi connectivity index (χ0) is 15.1. The minimum Gasteiger partial charge on any atom is -0.385 e. The fourth-order valence-electron chi connectivity index (χ4n) is 2.38. The summed E-state index contributed by atoms with van der Waals surface area (Å²) >= 11 is 3.56. The molecule has 0 saturated heterocycles. The summed E-state index contributed by atoms with van der Waals surface area (Å²) in [4.78, 5) is 0. The van der Waals surface area contributed by atoms with Crippen LogP contribution >= 0.6 is 15.9 Å². The van der Waals surface area contributed by atoms with E-state index in [4.69, 9.17) is 0 Å². The second-order valence-corrected chi connectivity index (χ2v) is 6.51. The maximum Gasteiger partial charge on any atom is 0.0924 e. The van der Waals surface area contributed by atoms with Crippen LogP contribution in [0.4, 0.5) is 0 Å². The van der Waals surface area contributed by atoms with Crippen molar-refractivity contribution in [2.45, 2.75) is 39.7 Å². The van der Waals surface area contributed by atoms with Crippen LogP contribution in [0.3, 0.4) is 0 Å². The van der Waals surface area contributed by atoms with Crippen LogP contribution in [0.15, 0.2) is 22.7 Å². The second-order valence-electron chi connectivity index (χ2n) is 5.72. The number of aliphatic hydroxyl groups is 1. The van der Waals surface area contributed by atoms with Crippen molar-refractivity contribution in [1.29, 1.82) is 0 Å². The molecule has 1 atom stereocenters. The highest BCUT2D eigenvalue weighted by molar-refractivity contribution is 9.10. The Balaban J connectivity index is 2.37. The third-order valence-corrected chi connectivity index (χ3v) is 4.93. The minimum absolute atomic E-state index is 0.521. The molecule has 2 aromatic rings. The zero-order valence-electron chi connectivity index (χ0n) is 12.7. The van der Waals surface area contributed by atoms with Gasteiger partial charge in [0.05, 0.1) is 21.5 Å². The van der Waals surface area contributed by atoms with E-state index in [1.54, 1.807) is 0 Å². The first kappa shape index (κ1) is 15.3.